The molecule has 1 saturated heterocycles. The first-order chi connectivity index (χ1) is 10.6. The number of sulfonamides is 1. The van der Waals surface area contributed by atoms with Crippen molar-refractivity contribution in [3.8, 4) is 0 Å². The Kier molecular flexibility index (Phi) is 5.03. The lowest BCUT2D eigenvalue weighted by Crippen LogP contribution is -2.50. The molecule has 1 aromatic carbocycles. The Hall–Kier alpha value is -1.18. The van der Waals surface area contributed by atoms with E-state index in [1.165, 1.54) is 10.4 Å². The molecule has 1 fully saturated rings. The summed E-state index contributed by atoms with van der Waals surface area (Å²) in [6, 6.07) is 6.73. The largest absolute Gasteiger partial charge is 0.243 e. The van der Waals surface area contributed by atoms with E-state index in [1.807, 2.05) is 6.92 Å². The van der Waals surface area contributed by atoms with Crippen LogP contribution < -0.4 is 0 Å². The molecule has 5 nitrogen and oxygen atoms in total. The average molecular weight is 357 g/mol. The first-order valence-corrected chi connectivity index (χ1v) is 10.8. The quantitative estimate of drug-likeness (QED) is 0.730. The van der Waals surface area contributed by atoms with Gasteiger partial charge in [-0.1, -0.05) is 25.1 Å². The van der Waals surface area contributed by atoms with Crippen LogP contribution >= 0.6 is 0 Å². The molecule has 0 N–H and O–H groups in total. The smallest absolute Gasteiger partial charge is 0.229 e. The normalized spacial score (nSPS) is 24.0. The van der Waals surface area contributed by atoms with E-state index in [-0.39, 0.29) is 22.9 Å². The van der Waals surface area contributed by atoms with E-state index in [1.54, 1.807) is 31.2 Å². The van der Waals surface area contributed by atoms with Gasteiger partial charge >= 0.3 is 0 Å². The number of sulfone groups is 1. The van der Waals surface area contributed by atoms with Gasteiger partial charge in [-0.3, -0.25) is 0 Å². The first kappa shape index (κ1) is 18.2. The van der Waals surface area contributed by atoms with Crippen LogP contribution in [-0.2, 0) is 26.3 Å². The van der Waals surface area contributed by atoms with Gasteiger partial charge in [-0.25, -0.2) is 16.8 Å². The van der Waals surface area contributed by atoms with Gasteiger partial charge < -0.3 is 0 Å². The van der Waals surface area contributed by atoms with Crippen molar-refractivity contribution < 1.29 is 16.8 Å². The number of benzene rings is 1. The lowest BCUT2D eigenvalue weighted by molar-refractivity contribution is 0.252. The highest BCUT2D eigenvalue weighted by Crippen LogP contribution is 2.34. The molecule has 0 spiro atoms. The standard InChI is InChI=1S/C16H23NO4S2/c1-4-11-17(16(3)10-12-22(18,19)13-16)23(20,21)15-8-6-14(5-2)7-9-15/h4,6-9H,1,5,10-13H2,2-3H3/t16-/m0/s1. The van der Waals surface area contributed by atoms with Gasteiger partial charge in [0.15, 0.2) is 9.84 Å². The fourth-order valence-electron chi connectivity index (χ4n) is 2.94. The zero-order valence-corrected chi connectivity index (χ0v) is 15.2. The van der Waals surface area contributed by atoms with Crippen LogP contribution in [0.1, 0.15) is 25.8 Å². The van der Waals surface area contributed by atoms with Crippen molar-refractivity contribution in [2.24, 2.45) is 0 Å². The molecule has 1 atom stereocenters. The lowest BCUT2D eigenvalue weighted by Gasteiger charge is -2.35. The molecule has 23 heavy (non-hydrogen) atoms. The summed E-state index contributed by atoms with van der Waals surface area (Å²) in [5.41, 5.74) is 0.115. The average Bonchev–Trinajstić information content (AvgIpc) is 2.79. The van der Waals surface area contributed by atoms with Crippen molar-refractivity contribution in [1.82, 2.24) is 4.31 Å². The Morgan fingerprint density at radius 1 is 1.30 bits per heavy atom. The van der Waals surface area contributed by atoms with Gasteiger partial charge in [0, 0.05) is 12.1 Å². The van der Waals surface area contributed by atoms with Crippen molar-refractivity contribution in [3.05, 3.63) is 42.5 Å². The zero-order chi connectivity index (χ0) is 17.3. The molecule has 0 radical (unpaired) electrons. The van der Waals surface area contributed by atoms with Crippen molar-refractivity contribution in [3.63, 3.8) is 0 Å². The minimum absolute atomic E-state index is 0.0153. The first-order valence-electron chi connectivity index (χ1n) is 7.58. The number of nitrogens with zero attached hydrogens (tertiary/aromatic N) is 1. The molecule has 1 aliphatic rings. The highest BCUT2D eigenvalue weighted by Gasteiger charge is 2.47. The summed E-state index contributed by atoms with van der Waals surface area (Å²) < 4.78 is 51.0. The topological polar surface area (TPSA) is 71.5 Å². The third-order valence-electron chi connectivity index (χ3n) is 4.30. The molecular weight excluding hydrogens is 334 g/mol. The summed E-state index contributed by atoms with van der Waals surface area (Å²) in [4.78, 5) is 0.182. The van der Waals surface area contributed by atoms with Crippen LogP contribution in [-0.4, -0.2) is 44.7 Å². The van der Waals surface area contributed by atoms with E-state index in [2.05, 4.69) is 6.58 Å². The highest BCUT2D eigenvalue weighted by atomic mass is 32.2. The maximum Gasteiger partial charge on any atom is 0.243 e. The summed E-state index contributed by atoms with van der Waals surface area (Å²) in [6.45, 7) is 7.40. The van der Waals surface area contributed by atoms with Gasteiger partial charge in [-0.15, -0.1) is 6.58 Å². The Morgan fingerprint density at radius 2 is 1.91 bits per heavy atom. The second-order valence-electron chi connectivity index (χ2n) is 6.16. The van der Waals surface area contributed by atoms with E-state index in [4.69, 9.17) is 0 Å². The van der Waals surface area contributed by atoms with Crippen LogP contribution in [0.3, 0.4) is 0 Å². The Labute approximate surface area is 139 Å². The molecule has 0 saturated carbocycles. The fraction of sp³-hybridized carbons (Fsp3) is 0.500. The number of aryl methyl sites for hydroxylation is 1. The number of hydrogen-bond donors (Lipinski definition) is 0. The van der Waals surface area contributed by atoms with Gasteiger partial charge in [0.2, 0.25) is 10.0 Å². The summed E-state index contributed by atoms with van der Waals surface area (Å²) in [5.74, 6) is -0.137. The van der Waals surface area contributed by atoms with E-state index in [0.717, 1.165) is 12.0 Å². The SMILES string of the molecule is C=CCN([C@@]1(C)CCS(=O)(=O)C1)S(=O)(=O)c1ccc(CC)cc1. The van der Waals surface area contributed by atoms with Gasteiger partial charge in [-0.05, 0) is 37.5 Å². The molecule has 0 aliphatic carbocycles. The predicted octanol–water partition coefficient (Wildman–Crippen LogP) is 2.00. The lowest BCUT2D eigenvalue weighted by atomic mass is 10.0. The van der Waals surface area contributed by atoms with Crippen LogP contribution in [0.5, 0.6) is 0 Å². The third-order valence-corrected chi connectivity index (χ3v) is 8.22. The summed E-state index contributed by atoms with van der Waals surface area (Å²) in [6.07, 6.45) is 2.62. The molecule has 0 aromatic heterocycles. The van der Waals surface area contributed by atoms with Crippen molar-refractivity contribution >= 4 is 19.9 Å². The highest BCUT2D eigenvalue weighted by molar-refractivity contribution is 7.92. The molecule has 1 aromatic rings. The Balaban J connectivity index is 2.45. The molecule has 2 rings (SSSR count). The van der Waals surface area contributed by atoms with Crippen molar-refractivity contribution in [1.29, 1.82) is 0 Å². The van der Waals surface area contributed by atoms with Gasteiger partial charge in [0.05, 0.1) is 16.4 Å². The van der Waals surface area contributed by atoms with Crippen molar-refractivity contribution in [2.75, 3.05) is 18.1 Å². The fourth-order valence-corrected chi connectivity index (χ4v) is 6.94. The van der Waals surface area contributed by atoms with E-state index >= 15 is 0 Å². The van der Waals surface area contributed by atoms with Gasteiger partial charge in [0.1, 0.15) is 0 Å². The molecule has 0 unspecified atom stereocenters. The van der Waals surface area contributed by atoms with Crippen LogP contribution in [0.15, 0.2) is 41.8 Å². The second kappa shape index (κ2) is 6.37. The van der Waals surface area contributed by atoms with Crippen LogP contribution in [0, 0.1) is 0 Å². The minimum Gasteiger partial charge on any atom is -0.229 e. The van der Waals surface area contributed by atoms with Gasteiger partial charge in [-0.2, -0.15) is 4.31 Å². The minimum atomic E-state index is -3.78. The molecule has 1 aliphatic heterocycles. The third kappa shape index (κ3) is 3.67. The maximum atomic E-state index is 13.0. The second-order valence-corrected chi connectivity index (χ2v) is 10.2. The monoisotopic (exact) mass is 357 g/mol. The molecule has 7 heteroatoms. The summed E-state index contributed by atoms with van der Waals surface area (Å²) >= 11 is 0. The van der Waals surface area contributed by atoms with E-state index < -0.39 is 25.4 Å². The van der Waals surface area contributed by atoms with Crippen LogP contribution in [0.25, 0.3) is 0 Å². The number of rotatable bonds is 6. The summed E-state index contributed by atoms with van der Waals surface area (Å²) in [7, 11) is -6.99. The number of hydrogen-bond acceptors (Lipinski definition) is 4. The van der Waals surface area contributed by atoms with Gasteiger partial charge in [0.25, 0.3) is 0 Å². The molecule has 0 bridgehead atoms. The van der Waals surface area contributed by atoms with E-state index in [0.29, 0.717) is 6.42 Å². The van der Waals surface area contributed by atoms with Crippen LogP contribution in [0.4, 0.5) is 0 Å². The Morgan fingerprint density at radius 3 is 2.35 bits per heavy atom. The molecular formula is C16H23NO4S2. The summed E-state index contributed by atoms with van der Waals surface area (Å²) in [5, 5.41) is 0. The van der Waals surface area contributed by atoms with E-state index in [9.17, 15) is 16.8 Å². The maximum absolute atomic E-state index is 13.0. The predicted molar refractivity (Wildman–Crippen MR) is 91.6 cm³/mol. The molecule has 1 heterocycles. The Bertz CT molecular complexity index is 782. The van der Waals surface area contributed by atoms with Crippen LogP contribution in [0.2, 0.25) is 0 Å². The van der Waals surface area contributed by atoms with Crippen molar-refractivity contribution in [2.45, 2.75) is 37.1 Å². The molecule has 0 amide bonds. The molecule has 128 valence electrons. The zero-order valence-electron chi connectivity index (χ0n) is 13.5.